The van der Waals surface area contributed by atoms with E-state index < -0.39 is 10.0 Å². The Balaban J connectivity index is 2.26. The van der Waals surface area contributed by atoms with Crippen LogP contribution in [0, 0.1) is 6.92 Å². The minimum absolute atomic E-state index is 0.00773. The SMILES string of the molecule is CC(=O)c1ccc(S(=O)(=O)Nc2nnc(C)o2)cc1. The zero-order chi connectivity index (χ0) is 14.0. The van der Waals surface area contributed by atoms with Crippen molar-refractivity contribution in [2.45, 2.75) is 18.7 Å². The van der Waals surface area contributed by atoms with Gasteiger partial charge in [-0.25, -0.2) is 13.1 Å². The molecule has 0 amide bonds. The molecule has 1 N–H and O–H groups in total. The Labute approximate surface area is 109 Å². The summed E-state index contributed by atoms with van der Waals surface area (Å²) < 4.78 is 31.0. The van der Waals surface area contributed by atoms with Gasteiger partial charge in [-0.15, -0.1) is 5.10 Å². The zero-order valence-electron chi connectivity index (χ0n) is 10.2. The first-order chi connectivity index (χ1) is 8.88. The van der Waals surface area contributed by atoms with Gasteiger partial charge in [0.1, 0.15) is 0 Å². The van der Waals surface area contributed by atoms with Crippen molar-refractivity contribution in [3.05, 3.63) is 35.7 Å². The lowest BCUT2D eigenvalue weighted by atomic mass is 10.2. The smallest absolute Gasteiger partial charge is 0.329 e. The molecule has 7 nitrogen and oxygen atoms in total. The van der Waals surface area contributed by atoms with E-state index in [1.807, 2.05) is 0 Å². The van der Waals surface area contributed by atoms with Crippen LogP contribution in [0.3, 0.4) is 0 Å². The molecule has 2 aromatic rings. The molecular weight excluding hydrogens is 270 g/mol. The Hall–Kier alpha value is -2.22. The number of ketones is 1. The van der Waals surface area contributed by atoms with Crippen LogP contribution in [0.4, 0.5) is 6.01 Å². The molecule has 0 bridgehead atoms. The van der Waals surface area contributed by atoms with Crippen molar-refractivity contribution in [2.75, 3.05) is 4.72 Å². The number of carbonyl (C=O) groups excluding carboxylic acids is 1. The lowest BCUT2D eigenvalue weighted by Crippen LogP contribution is -2.13. The van der Waals surface area contributed by atoms with Crippen molar-refractivity contribution in [1.82, 2.24) is 10.2 Å². The van der Waals surface area contributed by atoms with Gasteiger partial charge in [-0.3, -0.25) is 4.79 Å². The third kappa shape index (κ3) is 2.97. The van der Waals surface area contributed by atoms with Gasteiger partial charge in [-0.1, -0.05) is 17.2 Å². The van der Waals surface area contributed by atoms with Gasteiger partial charge in [0, 0.05) is 12.5 Å². The van der Waals surface area contributed by atoms with E-state index in [4.69, 9.17) is 4.42 Å². The predicted molar refractivity (Wildman–Crippen MR) is 66.3 cm³/mol. The number of nitrogens with zero attached hydrogens (tertiary/aromatic N) is 2. The normalized spacial score (nSPS) is 11.3. The number of aromatic nitrogens is 2. The van der Waals surface area contributed by atoms with Crippen molar-refractivity contribution in [3.8, 4) is 0 Å². The third-order valence-corrected chi connectivity index (χ3v) is 3.65. The predicted octanol–water partition coefficient (Wildman–Crippen LogP) is 1.38. The van der Waals surface area contributed by atoms with Crippen molar-refractivity contribution in [3.63, 3.8) is 0 Å². The number of Topliss-reactive ketones (excluding diaryl/α,β-unsaturated/α-hetero) is 1. The minimum Gasteiger partial charge on any atom is -0.408 e. The Morgan fingerprint density at radius 2 is 1.84 bits per heavy atom. The first kappa shape index (κ1) is 13.2. The fraction of sp³-hybridized carbons (Fsp3) is 0.182. The number of sulfonamides is 1. The van der Waals surface area contributed by atoms with Crippen molar-refractivity contribution >= 4 is 21.8 Å². The molecule has 0 saturated heterocycles. The number of carbonyl (C=O) groups is 1. The summed E-state index contributed by atoms with van der Waals surface area (Å²) in [4.78, 5) is 11.1. The fourth-order valence-corrected chi connectivity index (χ4v) is 2.31. The standard InChI is InChI=1S/C11H11N3O4S/c1-7(15)9-3-5-10(6-4-9)19(16,17)14-11-13-12-8(2)18-11/h3-6H,1-2H3,(H,13,14). The second-order valence-corrected chi connectivity index (χ2v) is 5.49. The number of aryl methyl sites for hydroxylation is 1. The van der Waals surface area contributed by atoms with E-state index >= 15 is 0 Å². The summed E-state index contributed by atoms with van der Waals surface area (Å²) in [5.41, 5.74) is 0.438. The van der Waals surface area contributed by atoms with E-state index in [1.54, 1.807) is 6.92 Å². The van der Waals surface area contributed by atoms with Crippen LogP contribution in [0.25, 0.3) is 0 Å². The average Bonchev–Trinajstić information content (AvgIpc) is 2.74. The Bertz CT molecular complexity index is 704. The molecule has 100 valence electrons. The summed E-state index contributed by atoms with van der Waals surface area (Å²) in [5, 5.41) is 7.05. The number of hydrogen-bond donors (Lipinski definition) is 1. The van der Waals surface area contributed by atoms with Gasteiger partial charge in [0.05, 0.1) is 4.90 Å². The molecule has 0 aliphatic rings. The summed E-state index contributed by atoms with van der Waals surface area (Å²) in [7, 11) is -3.80. The number of anilines is 1. The van der Waals surface area contributed by atoms with E-state index in [9.17, 15) is 13.2 Å². The fourth-order valence-electron chi connectivity index (χ4n) is 1.38. The molecule has 2 rings (SSSR count). The van der Waals surface area contributed by atoms with Gasteiger partial charge in [0.15, 0.2) is 5.78 Å². The summed E-state index contributed by atoms with van der Waals surface area (Å²) in [5.74, 6) is 0.120. The minimum atomic E-state index is -3.80. The van der Waals surface area contributed by atoms with Crippen molar-refractivity contribution in [1.29, 1.82) is 0 Å². The highest BCUT2D eigenvalue weighted by atomic mass is 32.2. The maximum absolute atomic E-state index is 12.0. The van der Waals surface area contributed by atoms with E-state index in [0.717, 1.165) is 0 Å². The molecule has 19 heavy (non-hydrogen) atoms. The molecule has 0 fully saturated rings. The quantitative estimate of drug-likeness (QED) is 0.849. The van der Waals surface area contributed by atoms with Crippen LogP contribution < -0.4 is 4.72 Å². The lowest BCUT2D eigenvalue weighted by Gasteiger charge is -2.04. The maximum Gasteiger partial charge on any atom is 0.329 e. The first-order valence-corrected chi connectivity index (χ1v) is 6.81. The van der Waals surface area contributed by atoms with Gasteiger partial charge < -0.3 is 4.42 Å². The number of hydrogen-bond acceptors (Lipinski definition) is 6. The Morgan fingerprint density at radius 3 is 2.32 bits per heavy atom. The number of rotatable bonds is 4. The maximum atomic E-state index is 12.0. The van der Waals surface area contributed by atoms with Crippen LogP contribution in [0.1, 0.15) is 23.2 Å². The van der Waals surface area contributed by atoms with Gasteiger partial charge >= 0.3 is 6.01 Å². The van der Waals surface area contributed by atoms with E-state index in [2.05, 4.69) is 14.9 Å². The summed E-state index contributed by atoms with van der Waals surface area (Å²) in [6, 6.07) is 5.35. The highest BCUT2D eigenvalue weighted by Crippen LogP contribution is 2.15. The Kier molecular flexibility index (Phi) is 3.34. The highest BCUT2D eigenvalue weighted by molar-refractivity contribution is 7.92. The van der Waals surface area contributed by atoms with Crippen LogP contribution in [-0.2, 0) is 10.0 Å². The second kappa shape index (κ2) is 4.81. The van der Waals surface area contributed by atoms with Gasteiger partial charge in [0.25, 0.3) is 10.0 Å². The molecule has 0 radical (unpaired) electrons. The molecule has 8 heteroatoms. The molecule has 0 atom stereocenters. The molecule has 0 aliphatic heterocycles. The second-order valence-electron chi connectivity index (χ2n) is 3.81. The lowest BCUT2D eigenvalue weighted by molar-refractivity contribution is 0.101. The highest BCUT2D eigenvalue weighted by Gasteiger charge is 2.17. The molecular formula is C11H11N3O4S. The van der Waals surface area contributed by atoms with Gasteiger partial charge in [-0.05, 0) is 19.1 Å². The summed E-state index contributed by atoms with van der Waals surface area (Å²) in [6.07, 6.45) is 0. The first-order valence-electron chi connectivity index (χ1n) is 5.32. The summed E-state index contributed by atoms with van der Waals surface area (Å²) >= 11 is 0. The molecule has 0 spiro atoms. The van der Waals surface area contributed by atoms with Crippen molar-refractivity contribution in [2.24, 2.45) is 0 Å². The molecule has 1 aromatic heterocycles. The molecule has 0 unspecified atom stereocenters. The van der Waals surface area contributed by atoms with Crippen LogP contribution >= 0.6 is 0 Å². The topological polar surface area (TPSA) is 102 Å². The third-order valence-electron chi connectivity index (χ3n) is 2.32. The van der Waals surface area contributed by atoms with Crippen molar-refractivity contribution < 1.29 is 17.6 Å². The molecule has 0 aliphatic carbocycles. The van der Waals surface area contributed by atoms with E-state index in [0.29, 0.717) is 5.56 Å². The van der Waals surface area contributed by atoms with Gasteiger partial charge in [-0.2, -0.15) is 0 Å². The van der Waals surface area contributed by atoms with Crippen LogP contribution in [0.2, 0.25) is 0 Å². The molecule has 1 heterocycles. The Morgan fingerprint density at radius 1 is 1.21 bits per heavy atom. The molecule has 1 aromatic carbocycles. The number of benzene rings is 1. The monoisotopic (exact) mass is 281 g/mol. The average molecular weight is 281 g/mol. The van der Waals surface area contributed by atoms with Crippen LogP contribution in [-0.4, -0.2) is 24.4 Å². The largest absolute Gasteiger partial charge is 0.408 e. The summed E-state index contributed by atoms with van der Waals surface area (Å²) in [6.45, 7) is 2.95. The van der Waals surface area contributed by atoms with Crippen LogP contribution in [0.15, 0.2) is 33.6 Å². The zero-order valence-corrected chi connectivity index (χ0v) is 11.1. The van der Waals surface area contributed by atoms with Crippen LogP contribution in [0.5, 0.6) is 0 Å². The molecule has 0 saturated carbocycles. The van der Waals surface area contributed by atoms with E-state index in [-0.39, 0.29) is 22.6 Å². The number of nitrogens with one attached hydrogen (secondary N) is 1. The van der Waals surface area contributed by atoms with Gasteiger partial charge in [0.2, 0.25) is 5.89 Å². The van der Waals surface area contributed by atoms with E-state index in [1.165, 1.54) is 31.2 Å².